The van der Waals surface area contributed by atoms with Gasteiger partial charge in [0.15, 0.2) is 11.5 Å². The zero-order chi connectivity index (χ0) is 16.9. The van der Waals surface area contributed by atoms with E-state index in [-0.39, 0.29) is 17.5 Å². The van der Waals surface area contributed by atoms with E-state index in [0.717, 1.165) is 32.4 Å². The molecule has 3 aliphatic rings. The van der Waals surface area contributed by atoms with Crippen LogP contribution in [0.15, 0.2) is 12.3 Å². The van der Waals surface area contributed by atoms with Crippen molar-refractivity contribution in [2.45, 2.75) is 43.7 Å². The molecule has 2 N–H and O–H groups in total. The average Bonchev–Trinajstić information content (AvgIpc) is 3.38. The Labute approximate surface area is 141 Å². The first kappa shape index (κ1) is 16.0. The molecule has 1 aliphatic heterocycles. The number of hydrogen-bond acceptors (Lipinski definition) is 4. The van der Waals surface area contributed by atoms with Crippen LogP contribution in [0.4, 0.5) is 4.39 Å². The molecule has 0 spiro atoms. The SMILES string of the molecule is COC1(c2ccnc(C(N)=O)c2F)C2CCCC1CN(C1CC1)C2. The zero-order valence-electron chi connectivity index (χ0n) is 14.0. The number of ether oxygens (including phenoxy) is 1. The molecular formula is C18H24FN3O2. The summed E-state index contributed by atoms with van der Waals surface area (Å²) in [5, 5.41) is 0. The van der Waals surface area contributed by atoms with Crippen molar-refractivity contribution in [3.8, 4) is 0 Å². The summed E-state index contributed by atoms with van der Waals surface area (Å²) in [5.74, 6) is -0.980. The largest absolute Gasteiger partial charge is 0.373 e. The minimum atomic E-state index is -0.832. The molecular weight excluding hydrogens is 309 g/mol. The molecule has 3 fully saturated rings. The van der Waals surface area contributed by atoms with Crippen molar-refractivity contribution in [3.63, 3.8) is 0 Å². The van der Waals surface area contributed by atoms with Crippen LogP contribution in [-0.4, -0.2) is 42.0 Å². The van der Waals surface area contributed by atoms with E-state index in [0.29, 0.717) is 11.6 Å². The highest BCUT2D eigenvalue weighted by Gasteiger charge is 2.56. The molecule has 0 radical (unpaired) electrons. The summed E-state index contributed by atoms with van der Waals surface area (Å²) >= 11 is 0. The maximum Gasteiger partial charge on any atom is 0.270 e. The Hall–Kier alpha value is -1.53. The highest BCUT2D eigenvalue weighted by molar-refractivity contribution is 5.91. The van der Waals surface area contributed by atoms with Gasteiger partial charge in [0.05, 0.1) is 0 Å². The van der Waals surface area contributed by atoms with Crippen molar-refractivity contribution < 1.29 is 13.9 Å². The predicted octanol–water partition coefficient (Wildman–Crippen LogP) is 2.06. The average molecular weight is 333 g/mol. The van der Waals surface area contributed by atoms with Crippen molar-refractivity contribution in [3.05, 3.63) is 29.3 Å². The normalized spacial score (nSPS) is 33.4. The minimum Gasteiger partial charge on any atom is -0.373 e. The third kappa shape index (κ3) is 2.27. The van der Waals surface area contributed by atoms with Crippen molar-refractivity contribution in [2.24, 2.45) is 17.6 Å². The molecule has 2 bridgehead atoms. The quantitative estimate of drug-likeness (QED) is 0.916. The van der Waals surface area contributed by atoms with Gasteiger partial charge in [-0.25, -0.2) is 9.37 Å². The van der Waals surface area contributed by atoms with Crippen LogP contribution in [0.2, 0.25) is 0 Å². The summed E-state index contributed by atoms with van der Waals surface area (Å²) in [4.78, 5) is 17.9. The number of halogens is 1. The van der Waals surface area contributed by atoms with Crippen LogP contribution in [0.25, 0.3) is 0 Å². The van der Waals surface area contributed by atoms with E-state index in [4.69, 9.17) is 10.5 Å². The fourth-order valence-electron chi connectivity index (χ4n) is 5.01. The van der Waals surface area contributed by atoms with Gasteiger partial charge >= 0.3 is 0 Å². The Morgan fingerprint density at radius 2 is 2.00 bits per heavy atom. The Balaban J connectivity index is 1.79. The summed E-state index contributed by atoms with van der Waals surface area (Å²) in [5.41, 5.74) is 4.79. The molecule has 130 valence electrons. The number of carbonyl (C=O) groups excluding carboxylic acids is 1. The molecule has 24 heavy (non-hydrogen) atoms. The van der Waals surface area contributed by atoms with Crippen LogP contribution in [-0.2, 0) is 10.3 Å². The standard InChI is InChI=1S/C18H24FN3O2/c1-24-18(14-7-8-21-16(15(14)19)17(20)23)11-3-2-4-12(18)10-22(9-11)13-5-6-13/h7-8,11-13H,2-6,9-10H2,1H3,(H2,20,23). The first-order chi connectivity index (χ1) is 11.6. The zero-order valence-corrected chi connectivity index (χ0v) is 14.0. The number of hydrogen-bond donors (Lipinski definition) is 1. The van der Waals surface area contributed by atoms with Gasteiger partial charge in [-0.1, -0.05) is 6.42 Å². The minimum absolute atomic E-state index is 0.230. The smallest absolute Gasteiger partial charge is 0.270 e. The first-order valence-electron chi connectivity index (χ1n) is 8.82. The van der Waals surface area contributed by atoms with E-state index in [1.165, 1.54) is 19.0 Å². The van der Waals surface area contributed by atoms with Crippen LogP contribution >= 0.6 is 0 Å². The van der Waals surface area contributed by atoms with Crippen LogP contribution in [0.5, 0.6) is 0 Å². The Morgan fingerprint density at radius 1 is 1.33 bits per heavy atom. The van der Waals surface area contributed by atoms with Crippen molar-refractivity contribution in [1.29, 1.82) is 0 Å². The van der Waals surface area contributed by atoms with Gasteiger partial charge in [-0.3, -0.25) is 9.69 Å². The van der Waals surface area contributed by atoms with Crippen molar-refractivity contribution >= 4 is 5.91 Å². The number of piperidine rings is 1. The van der Waals surface area contributed by atoms with Gasteiger partial charge in [0, 0.05) is 49.8 Å². The number of fused-ring (bicyclic) bond motifs is 2. The number of rotatable bonds is 4. The van der Waals surface area contributed by atoms with Crippen LogP contribution in [0.3, 0.4) is 0 Å². The lowest BCUT2D eigenvalue weighted by atomic mass is 9.62. The number of nitrogens with zero attached hydrogens (tertiary/aromatic N) is 2. The van der Waals surface area contributed by atoms with E-state index in [2.05, 4.69) is 9.88 Å². The second-order valence-corrected chi connectivity index (χ2v) is 7.39. The summed E-state index contributed by atoms with van der Waals surface area (Å²) in [6.07, 6.45) is 7.20. The number of carbonyl (C=O) groups is 1. The number of primary amides is 1. The third-order valence-corrected chi connectivity index (χ3v) is 6.17. The summed E-state index contributed by atoms with van der Waals surface area (Å²) in [6, 6.07) is 2.37. The van der Waals surface area contributed by atoms with Gasteiger partial charge in [-0.15, -0.1) is 0 Å². The van der Waals surface area contributed by atoms with E-state index < -0.39 is 17.3 Å². The van der Waals surface area contributed by atoms with Crippen LogP contribution in [0.1, 0.15) is 48.2 Å². The van der Waals surface area contributed by atoms with E-state index in [9.17, 15) is 4.79 Å². The van der Waals surface area contributed by atoms with Crippen LogP contribution in [0, 0.1) is 17.7 Å². The summed E-state index contributed by atoms with van der Waals surface area (Å²) in [6.45, 7) is 1.87. The molecule has 2 atom stereocenters. The number of nitrogens with two attached hydrogens (primary N) is 1. The fourth-order valence-corrected chi connectivity index (χ4v) is 5.01. The monoisotopic (exact) mass is 333 g/mol. The molecule has 0 aromatic carbocycles. The molecule has 1 amide bonds. The van der Waals surface area contributed by atoms with E-state index in [1.54, 1.807) is 13.2 Å². The summed E-state index contributed by atoms with van der Waals surface area (Å²) < 4.78 is 21.1. The lowest BCUT2D eigenvalue weighted by Gasteiger charge is -2.55. The van der Waals surface area contributed by atoms with E-state index in [1.807, 2.05) is 0 Å². The predicted molar refractivity (Wildman–Crippen MR) is 86.8 cm³/mol. The number of methoxy groups -OCH3 is 1. The van der Waals surface area contributed by atoms with Gasteiger partial charge in [-0.05, 0) is 31.7 Å². The number of pyridine rings is 1. The van der Waals surface area contributed by atoms with E-state index >= 15 is 4.39 Å². The fraction of sp³-hybridized carbons (Fsp3) is 0.667. The van der Waals surface area contributed by atoms with Gasteiger partial charge in [0.2, 0.25) is 0 Å². The molecule has 2 heterocycles. The molecule has 2 unspecified atom stereocenters. The molecule has 1 saturated heterocycles. The molecule has 1 aromatic rings. The maximum atomic E-state index is 15.1. The summed E-state index contributed by atoms with van der Waals surface area (Å²) in [7, 11) is 1.67. The van der Waals surface area contributed by atoms with Crippen molar-refractivity contribution in [2.75, 3.05) is 20.2 Å². The molecule has 2 saturated carbocycles. The second kappa shape index (κ2) is 5.77. The molecule has 5 nitrogen and oxygen atoms in total. The molecule has 6 heteroatoms. The Bertz CT molecular complexity index is 648. The molecule has 4 rings (SSSR count). The highest BCUT2D eigenvalue weighted by Crippen LogP contribution is 2.53. The van der Waals surface area contributed by atoms with Gasteiger partial charge in [0.1, 0.15) is 5.60 Å². The maximum absolute atomic E-state index is 15.1. The van der Waals surface area contributed by atoms with Gasteiger partial charge in [0.25, 0.3) is 5.91 Å². The van der Waals surface area contributed by atoms with Crippen LogP contribution < -0.4 is 5.73 Å². The Kier molecular flexibility index (Phi) is 3.84. The third-order valence-electron chi connectivity index (χ3n) is 6.17. The highest BCUT2D eigenvalue weighted by atomic mass is 19.1. The molecule has 1 aromatic heterocycles. The van der Waals surface area contributed by atoms with Crippen molar-refractivity contribution in [1.82, 2.24) is 9.88 Å². The van der Waals surface area contributed by atoms with Gasteiger partial charge in [-0.2, -0.15) is 0 Å². The Morgan fingerprint density at radius 3 is 2.54 bits per heavy atom. The topological polar surface area (TPSA) is 68.5 Å². The lowest BCUT2D eigenvalue weighted by Crippen LogP contribution is -2.59. The number of aromatic nitrogens is 1. The van der Waals surface area contributed by atoms with Gasteiger partial charge < -0.3 is 10.5 Å². The second-order valence-electron chi connectivity index (χ2n) is 7.39. The lowest BCUT2D eigenvalue weighted by molar-refractivity contribution is -0.171. The molecule has 2 aliphatic carbocycles. The number of likely N-dealkylation sites (tertiary alicyclic amines) is 1. The number of amides is 1. The first-order valence-corrected chi connectivity index (χ1v) is 8.82.